The number of nitrogens with zero attached hydrogens (tertiary/aromatic N) is 1. The number of ether oxygens (including phenoxy) is 2. The van der Waals surface area contributed by atoms with Crippen molar-refractivity contribution in [3.63, 3.8) is 0 Å². The molecule has 0 bridgehead atoms. The van der Waals surface area contributed by atoms with Crippen LogP contribution in [0.15, 0.2) is 59.0 Å². The zero-order valence-electron chi connectivity index (χ0n) is 16.8. The lowest BCUT2D eigenvalue weighted by Gasteiger charge is -2.11. The first-order valence-electron chi connectivity index (χ1n) is 9.46. The lowest BCUT2D eigenvalue weighted by atomic mass is 10.2. The van der Waals surface area contributed by atoms with Gasteiger partial charge in [0.15, 0.2) is 28.0 Å². The molecule has 0 radical (unpaired) electrons. The van der Waals surface area contributed by atoms with Crippen LogP contribution in [-0.4, -0.2) is 30.5 Å². The largest absolute Gasteiger partial charge is 0.493 e. The highest BCUT2D eigenvalue weighted by Crippen LogP contribution is 2.31. The van der Waals surface area contributed by atoms with Gasteiger partial charge in [0.1, 0.15) is 0 Å². The predicted molar refractivity (Wildman–Crippen MR) is 116 cm³/mol. The van der Waals surface area contributed by atoms with Gasteiger partial charge < -0.3 is 13.9 Å². The molecule has 0 aliphatic heterocycles. The van der Waals surface area contributed by atoms with Gasteiger partial charge >= 0.3 is 5.91 Å². The number of fused-ring (bicyclic) bond motifs is 1. The molecule has 2 amide bonds. The number of hydrogen-bond acceptors (Lipinski definition) is 7. The maximum absolute atomic E-state index is 12.4. The molecular formula is C22H19N3O5S. The molecule has 31 heavy (non-hydrogen) atoms. The van der Waals surface area contributed by atoms with Crippen LogP contribution >= 0.6 is 11.3 Å². The second-order valence-electron chi connectivity index (χ2n) is 6.36. The molecule has 2 N–H and O–H groups in total. The van der Waals surface area contributed by atoms with Gasteiger partial charge in [-0.1, -0.05) is 12.1 Å². The van der Waals surface area contributed by atoms with E-state index >= 15 is 0 Å². The lowest BCUT2D eigenvalue weighted by molar-refractivity contribution is 0.0831. The quantitative estimate of drug-likeness (QED) is 0.442. The van der Waals surface area contributed by atoms with Crippen LogP contribution in [0.4, 0.5) is 0 Å². The van der Waals surface area contributed by atoms with Crippen LogP contribution in [0.5, 0.6) is 11.5 Å². The molecule has 0 atom stereocenters. The van der Waals surface area contributed by atoms with Crippen molar-refractivity contribution >= 4 is 33.4 Å². The summed E-state index contributed by atoms with van der Waals surface area (Å²) >= 11 is 1.47. The van der Waals surface area contributed by atoms with Crippen molar-refractivity contribution < 1.29 is 23.5 Å². The molecule has 0 unspecified atom stereocenters. The first-order chi connectivity index (χ1) is 15.1. The van der Waals surface area contributed by atoms with E-state index in [9.17, 15) is 9.59 Å². The normalized spacial score (nSPS) is 10.6. The third-order valence-electron chi connectivity index (χ3n) is 4.35. The molecule has 0 aliphatic carbocycles. The van der Waals surface area contributed by atoms with Gasteiger partial charge in [-0.2, -0.15) is 0 Å². The van der Waals surface area contributed by atoms with Crippen molar-refractivity contribution in [3.05, 3.63) is 65.9 Å². The van der Waals surface area contributed by atoms with Crippen molar-refractivity contribution in [1.82, 2.24) is 15.8 Å². The summed E-state index contributed by atoms with van der Waals surface area (Å²) in [6.45, 7) is 2.33. The molecule has 158 valence electrons. The van der Waals surface area contributed by atoms with E-state index in [4.69, 9.17) is 13.9 Å². The number of amides is 2. The Kier molecular flexibility index (Phi) is 5.85. The van der Waals surface area contributed by atoms with Gasteiger partial charge in [0.05, 0.1) is 23.9 Å². The summed E-state index contributed by atoms with van der Waals surface area (Å²) in [7, 11) is 1.49. The molecular weight excluding hydrogens is 418 g/mol. The SMILES string of the molecule is CCOc1ccc(C(=O)NNC(=O)c2ccc(-c3nc4ccccc4s3)o2)cc1OC. The minimum absolute atomic E-state index is 0.0545. The number of hydrogen-bond donors (Lipinski definition) is 2. The third kappa shape index (κ3) is 4.36. The van der Waals surface area contributed by atoms with Crippen LogP contribution in [-0.2, 0) is 0 Å². The number of hydrazine groups is 1. The van der Waals surface area contributed by atoms with Gasteiger partial charge in [-0.3, -0.25) is 20.4 Å². The molecule has 0 fully saturated rings. The third-order valence-corrected chi connectivity index (χ3v) is 5.40. The van der Waals surface area contributed by atoms with Gasteiger partial charge in [-0.25, -0.2) is 4.98 Å². The van der Waals surface area contributed by atoms with Crippen LogP contribution < -0.4 is 20.3 Å². The number of aromatic nitrogens is 1. The highest BCUT2D eigenvalue weighted by Gasteiger charge is 2.17. The molecule has 2 aromatic carbocycles. The first-order valence-corrected chi connectivity index (χ1v) is 10.3. The molecule has 4 aromatic rings. The van der Waals surface area contributed by atoms with Crippen molar-refractivity contribution in [3.8, 4) is 22.3 Å². The number of thiazole rings is 1. The Hall–Kier alpha value is -3.85. The summed E-state index contributed by atoms with van der Waals surface area (Å²) in [5.41, 5.74) is 5.87. The van der Waals surface area contributed by atoms with E-state index in [0.717, 1.165) is 10.2 Å². The summed E-state index contributed by atoms with van der Waals surface area (Å²) < 4.78 is 17.3. The van der Waals surface area contributed by atoms with Gasteiger partial charge in [0, 0.05) is 5.56 Å². The Labute approximate surface area is 181 Å². The first kappa shape index (κ1) is 20.4. The fourth-order valence-electron chi connectivity index (χ4n) is 2.88. The molecule has 2 heterocycles. The van der Waals surface area contributed by atoms with E-state index in [1.54, 1.807) is 18.2 Å². The highest BCUT2D eigenvalue weighted by atomic mass is 32.1. The molecule has 4 rings (SSSR count). The lowest BCUT2D eigenvalue weighted by Crippen LogP contribution is -2.41. The molecule has 8 nitrogen and oxygen atoms in total. The number of rotatable bonds is 6. The Balaban J connectivity index is 1.41. The van der Waals surface area contributed by atoms with Crippen LogP contribution in [0.2, 0.25) is 0 Å². The molecule has 9 heteroatoms. The number of carbonyl (C=O) groups excluding carboxylic acids is 2. The van der Waals surface area contributed by atoms with Gasteiger partial charge in [-0.05, 0) is 49.4 Å². The average Bonchev–Trinajstić information content (AvgIpc) is 3.45. The number of nitrogens with one attached hydrogen (secondary N) is 2. The number of benzene rings is 2. The summed E-state index contributed by atoms with van der Waals surface area (Å²) in [5.74, 6) is 0.398. The van der Waals surface area contributed by atoms with E-state index in [-0.39, 0.29) is 5.76 Å². The van der Waals surface area contributed by atoms with Gasteiger partial charge in [0.25, 0.3) is 5.91 Å². The minimum atomic E-state index is -0.585. The van der Waals surface area contributed by atoms with Crippen molar-refractivity contribution in [2.75, 3.05) is 13.7 Å². The number of furan rings is 1. The van der Waals surface area contributed by atoms with Crippen molar-refractivity contribution in [2.45, 2.75) is 6.92 Å². The summed E-state index contributed by atoms with van der Waals surface area (Å²) in [6.07, 6.45) is 0. The second-order valence-corrected chi connectivity index (χ2v) is 7.39. The fraction of sp³-hybridized carbons (Fsp3) is 0.136. The van der Waals surface area contributed by atoms with Gasteiger partial charge in [-0.15, -0.1) is 11.3 Å². The molecule has 0 saturated carbocycles. The minimum Gasteiger partial charge on any atom is -0.493 e. The van der Waals surface area contributed by atoms with E-state index in [1.807, 2.05) is 31.2 Å². The van der Waals surface area contributed by atoms with Crippen LogP contribution in [0.25, 0.3) is 21.0 Å². The predicted octanol–water partition coefficient (Wildman–Crippen LogP) is 4.04. The monoisotopic (exact) mass is 437 g/mol. The van der Waals surface area contributed by atoms with E-state index in [2.05, 4.69) is 15.8 Å². The number of methoxy groups -OCH3 is 1. The Bertz CT molecular complexity index is 1210. The number of para-hydroxylation sites is 1. The van der Waals surface area contributed by atoms with E-state index < -0.39 is 11.8 Å². The average molecular weight is 437 g/mol. The van der Waals surface area contributed by atoms with E-state index in [0.29, 0.717) is 34.4 Å². The van der Waals surface area contributed by atoms with Gasteiger partial charge in [0.2, 0.25) is 0 Å². The maximum Gasteiger partial charge on any atom is 0.305 e. The highest BCUT2D eigenvalue weighted by molar-refractivity contribution is 7.21. The maximum atomic E-state index is 12.4. The Morgan fingerprint density at radius 2 is 1.84 bits per heavy atom. The zero-order chi connectivity index (χ0) is 21.8. The van der Waals surface area contributed by atoms with Crippen molar-refractivity contribution in [1.29, 1.82) is 0 Å². The van der Waals surface area contributed by atoms with Crippen LogP contribution in [0.3, 0.4) is 0 Å². The van der Waals surface area contributed by atoms with Crippen molar-refractivity contribution in [2.24, 2.45) is 0 Å². The standard InChI is InChI=1S/C22H19N3O5S/c1-3-29-15-9-8-13(12-18(15)28-2)20(26)24-25-21(27)16-10-11-17(30-16)22-23-14-6-4-5-7-19(14)31-22/h4-12H,3H2,1-2H3,(H,24,26)(H,25,27). The van der Waals surface area contributed by atoms with E-state index in [1.165, 1.54) is 30.6 Å². The molecule has 0 aliphatic rings. The summed E-state index contributed by atoms with van der Waals surface area (Å²) in [6, 6.07) is 15.7. The molecule has 0 spiro atoms. The summed E-state index contributed by atoms with van der Waals surface area (Å²) in [5, 5.41) is 0.672. The fourth-order valence-corrected chi connectivity index (χ4v) is 3.81. The zero-order valence-corrected chi connectivity index (χ0v) is 17.6. The molecule has 0 saturated heterocycles. The molecule has 2 aromatic heterocycles. The second kappa shape index (κ2) is 8.88. The van der Waals surface area contributed by atoms with Crippen LogP contribution in [0, 0.1) is 0 Å². The smallest absolute Gasteiger partial charge is 0.305 e. The Morgan fingerprint density at radius 1 is 1.03 bits per heavy atom. The summed E-state index contributed by atoms with van der Waals surface area (Å²) in [4.78, 5) is 29.3. The Morgan fingerprint density at radius 3 is 2.61 bits per heavy atom. The van der Waals surface area contributed by atoms with Crippen LogP contribution in [0.1, 0.15) is 27.8 Å². The number of carbonyl (C=O) groups is 2. The topological polar surface area (TPSA) is 103 Å².